The molecule has 0 saturated heterocycles. The van der Waals surface area contributed by atoms with Crippen molar-refractivity contribution in [2.24, 2.45) is 29.1 Å². The molecule has 1 amide bonds. The highest BCUT2D eigenvalue weighted by Gasteiger charge is 2.54. The van der Waals surface area contributed by atoms with Crippen LogP contribution >= 0.6 is 0 Å². The van der Waals surface area contributed by atoms with E-state index in [0.717, 1.165) is 12.8 Å². The molecule has 0 aromatic rings. The summed E-state index contributed by atoms with van der Waals surface area (Å²) in [6.45, 7) is 4.15. The van der Waals surface area contributed by atoms with Gasteiger partial charge in [0.2, 0.25) is 5.91 Å². The second kappa shape index (κ2) is 4.83. The van der Waals surface area contributed by atoms with Gasteiger partial charge in [0.25, 0.3) is 0 Å². The van der Waals surface area contributed by atoms with Gasteiger partial charge in [-0.05, 0) is 24.7 Å². The predicted molar refractivity (Wildman–Crippen MR) is 76.5 cm³/mol. The van der Waals surface area contributed by atoms with Crippen molar-refractivity contribution >= 4 is 11.9 Å². The molecule has 5 nitrogen and oxygen atoms in total. The van der Waals surface area contributed by atoms with Gasteiger partial charge in [0.05, 0.1) is 17.9 Å². The number of carboxylic acids is 1. The Morgan fingerprint density at radius 1 is 1.19 bits per heavy atom. The normalized spacial score (nSPS) is 42.6. The third-order valence-electron chi connectivity index (χ3n) is 5.83. The molecule has 6 atom stereocenters. The maximum Gasteiger partial charge on any atom is 0.307 e. The number of carbonyl (C=O) groups is 2. The second-order valence-corrected chi connectivity index (χ2v) is 7.18. The lowest BCUT2D eigenvalue weighted by molar-refractivity contribution is -0.150. The first-order valence-corrected chi connectivity index (χ1v) is 7.60. The Labute approximate surface area is 124 Å². The van der Waals surface area contributed by atoms with Gasteiger partial charge in [-0.25, -0.2) is 0 Å². The number of hydrogen-bond donors (Lipinski definition) is 2. The average Bonchev–Trinajstić information content (AvgIpc) is 3.02. The van der Waals surface area contributed by atoms with Crippen LogP contribution in [0.1, 0.15) is 26.7 Å². The van der Waals surface area contributed by atoms with Crippen LogP contribution in [0.4, 0.5) is 0 Å². The third kappa shape index (κ3) is 2.09. The summed E-state index contributed by atoms with van der Waals surface area (Å²) in [6.07, 6.45) is 5.71. The molecule has 2 saturated carbocycles. The Bertz CT molecular complexity index is 499. The summed E-state index contributed by atoms with van der Waals surface area (Å²) in [7, 11) is 1.69. The maximum atomic E-state index is 12.6. The summed E-state index contributed by atoms with van der Waals surface area (Å²) in [5.41, 5.74) is -0.101. The van der Waals surface area contributed by atoms with Crippen LogP contribution in [0.15, 0.2) is 12.2 Å². The molecule has 0 aliphatic heterocycles. The van der Waals surface area contributed by atoms with Gasteiger partial charge in [-0.2, -0.15) is 0 Å². The smallest absolute Gasteiger partial charge is 0.307 e. The molecule has 116 valence electrons. The fourth-order valence-corrected chi connectivity index (χ4v) is 4.31. The van der Waals surface area contributed by atoms with Gasteiger partial charge in [-0.3, -0.25) is 9.59 Å². The molecule has 0 aromatic heterocycles. The van der Waals surface area contributed by atoms with Crippen LogP contribution in [0.2, 0.25) is 0 Å². The highest BCUT2D eigenvalue weighted by atomic mass is 16.5. The zero-order chi connectivity index (χ0) is 15.4. The van der Waals surface area contributed by atoms with Crippen molar-refractivity contribution in [3.63, 3.8) is 0 Å². The Hall–Kier alpha value is -1.36. The first-order valence-electron chi connectivity index (χ1n) is 7.60. The average molecular weight is 293 g/mol. The SMILES string of the molecule is COC1CC(NC(=O)C2C3C=CC(C3)C2C(=O)O)C1(C)C. The molecule has 2 N–H and O–H groups in total. The Morgan fingerprint density at radius 3 is 2.33 bits per heavy atom. The Balaban J connectivity index is 1.69. The maximum absolute atomic E-state index is 12.6. The van der Waals surface area contributed by atoms with Crippen LogP contribution < -0.4 is 5.32 Å². The van der Waals surface area contributed by atoms with Gasteiger partial charge in [-0.1, -0.05) is 26.0 Å². The van der Waals surface area contributed by atoms with E-state index in [0.29, 0.717) is 0 Å². The van der Waals surface area contributed by atoms with E-state index in [1.807, 2.05) is 12.2 Å². The van der Waals surface area contributed by atoms with Gasteiger partial charge in [-0.15, -0.1) is 0 Å². The zero-order valence-corrected chi connectivity index (χ0v) is 12.7. The lowest BCUT2D eigenvalue weighted by Gasteiger charge is -2.51. The molecule has 2 fully saturated rings. The van der Waals surface area contributed by atoms with E-state index in [-0.39, 0.29) is 35.3 Å². The van der Waals surface area contributed by atoms with E-state index < -0.39 is 17.8 Å². The molecule has 0 radical (unpaired) electrons. The fourth-order valence-electron chi connectivity index (χ4n) is 4.31. The van der Waals surface area contributed by atoms with Crippen LogP contribution in [0.3, 0.4) is 0 Å². The van der Waals surface area contributed by atoms with Crippen molar-refractivity contribution in [2.45, 2.75) is 38.8 Å². The van der Waals surface area contributed by atoms with Crippen molar-refractivity contribution in [3.05, 3.63) is 12.2 Å². The molecule has 3 rings (SSSR count). The molecule has 3 aliphatic rings. The third-order valence-corrected chi connectivity index (χ3v) is 5.83. The summed E-state index contributed by atoms with van der Waals surface area (Å²) >= 11 is 0. The lowest BCUT2D eigenvalue weighted by Crippen LogP contribution is -2.63. The largest absolute Gasteiger partial charge is 0.481 e. The number of carboxylic acid groups (broad SMARTS) is 1. The van der Waals surface area contributed by atoms with Gasteiger partial charge in [0.1, 0.15) is 0 Å². The molecule has 6 unspecified atom stereocenters. The van der Waals surface area contributed by atoms with E-state index >= 15 is 0 Å². The molecular weight excluding hydrogens is 270 g/mol. The standard InChI is InChI=1S/C16H23NO4/c1-16(2)10(7-11(16)21-3)17-14(18)12-8-4-5-9(6-8)13(12)15(19)20/h4-5,8-13H,6-7H2,1-3H3,(H,17,18)(H,19,20). The van der Waals surface area contributed by atoms with Crippen molar-refractivity contribution in [1.29, 1.82) is 0 Å². The molecule has 5 heteroatoms. The molecule has 3 aliphatic carbocycles. The van der Waals surface area contributed by atoms with Crippen LogP contribution in [-0.2, 0) is 14.3 Å². The van der Waals surface area contributed by atoms with Crippen molar-refractivity contribution < 1.29 is 19.4 Å². The Morgan fingerprint density at radius 2 is 1.81 bits per heavy atom. The summed E-state index contributed by atoms with van der Waals surface area (Å²) in [4.78, 5) is 24.1. The number of amides is 1. The second-order valence-electron chi connectivity index (χ2n) is 7.18. The number of allylic oxidation sites excluding steroid dienone is 2. The first-order chi connectivity index (χ1) is 9.86. The number of hydrogen-bond acceptors (Lipinski definition) is 3. The summed E-state index contributed by atoms with van der Waals surface area (Å²) in [5, 5.41) is 12.5. The first kappa shape index (κ1) is 14.6. The Kier molecular flexibility index (Phi) is 3.35. The van der Waals surface area contributed by atoms with Gasteiger partial charge < -0.3 is 15.2 Å². The van der Waals surface area contributed by atoms with E-state index in [1.54, 1.807) is 7.11 Å². The molecule has 0 spiro atoms. The highest BCUT2D eigenvalue weighted by molar-refractivity contribution is 5.87. The minimum absolute atomic E-state index is 0.0179. The number of rotatable bonds is 4. The minimum atomic E-state index is -0.852. The fraction of sp³-hybridized carbons (Fsp3) is 0.750. The van der Waals surface area contributed by atoms with Crippen LogP contribution in [0, 0.1) is 29.1 Å². The number of ether oxygens (including phenoxy) is 1. The van der Waals surface area contributed by atoms with Crippen LogP contribution in [0.5, 0.6) is 0 Å². The van der Waals surface area contributed by atoms with E-state index in [9.17, 15) is 14.7 Å². The van der Waals surface area contributed by atoms with Crippen molar-refractivity contribution in [3.8, 4) is 0 Å². The number of carbonyl (C=O) groups excluding carboxylic acids is 1. The quantitative estimate of drug-likeness (QED) is 0.769. The highest BCUT2D eigenvalue weighted by Crippen LogP contribution is 2.49. The van der Waals surface area contributed by atoms with Crippen LogP contribution in [0.25, 0.3) is 0 Å². The monoisotopic (exact) mass is 293 g/mol. The molecular formula is C16H23NO4. The van der Waals surface area contributed by atoms with Gasteiger partial charge in [0, 0.05) is 18.6 Å². The molecule has 2 bridgehead atoms. The summed E-state index contributed by atoms with van der Waals surface area (Å²) in [5.74, 6) is -1.85. The molecule has 0 heterocycles. The van der Waals surface area contributed by atoms with E-state index in [4.69, 9.17) is 4.74 Å². The number of methoxy groups -OCH3 is 1. The van der Waals surface area contributed by atoms with Crippen molar-refractivity contribution in [2.75, 3.05) is 7.11 Å². The zero-order valence-electron chi connectivity index (χ0n) is 12.7. The molecule has 0 aromatic carbocycles. The van der Waals surface area contributed by atoms with Gasteiger partial charge in [0.15, 0.2) is 0 Å². The number of fused-ring (bicyclic) bond motifs is 2. The lowest BCUT2D eigenvalue weighted by atomic mass is 9.64. The number of nitrogens with one attached hydrogen (secondary N) is 1. The minimum Gasteiger partial charge on any atom is -0.481 e. The summed E-state index contributed by atoms with van der Waals surface area (Å²) < 4.78 is 5.39. The predicted octanol–water partition coefficient (Wildman–Crippen LogP) is 1.44. The van der Waals surface area contributed by atoms with E-state index in [2.05, 4.69) is 19.2 Å². The van der Waals surface area contributed by atoms with Crippen LogP contribution in [-0.4, -0.2) is 36.2 Å². The number of aliphatic carboxylic acids is 1. The van der Waals surface area contributed by atoms with E-state index in [1.165, 1.54) is 0 Å². The topological polar surface area (TPSA) is 75.6 Å². The summed E-state index contributed by atoms with van der Waals surface area (Å²) in [6, 6.07) is 0.0625. The van der Waals surface area contributed by atoms with Gasteiger partial charge >= 0.3 is 5.97 Å². The molecule has 21 heavy (non-hydrogen) atoms. The van der Waals surface area contributed by atoms with Crippen molar-refractivity contribution in [1.82, 2.24) is 5.32 Å².